The number of hydrogen-bond acceptors (Lipinski definition) is 2. The van der Waals surface area contributed by atoms with E-state index in [-0.39, 0.29) is 0 Å². The molecule has 86 valence electrons. The van der Waals surface area contributed by atoms with Gasteiger partial charge in [0.2, 0.25) is 0 Å². The number of benzene rings is 1. The third-order valence-corrected chi connectivity index (χ3v) is 3.14. The number of rotatable bonds is 5. The Labute approximate surface area is 96.6 Å². The summed E-state index contributed by atoms with van der Waals surface area (Å²) < 4.78 is 5.59. The van der Waals surface area contributed by atoms with Crippen LogP contribution in [0.3, 0.4) is 0 Å². The largest absolute Gasteiger partial charge is 0.494 e. The van der Waals surface area contributed by atoms with Crippen molar-refractivity contribution in [3.05, 3.63) is 30.3 Å². The van der Waals surface area contributed by atoms with Crippen LogP contribution < -0.4 is 4.74 Å². The summed E-state index contributed by atoms with van der Waals surface area (Å²) in [6.45, 7) is 0.716. The van der Waals surface area contributed by atoms with Gasteiger partial charge in [0.25, 0.3) is 0 Å². The first-order valence-electron chi connectivity index (χ1n) is 6.07. The van der Waals surface area contributed by atoms with Crippen LogP contribution in [-0.2, 0) is 4.79 Å². The summed E-state index contributed by atoms with van der Waals surface area (Å²) in [6, 6.07) is 9.83. The van der Waals surface area contributed by atoms with Crippen LogP contribution in [0, 0.1) is 5.92 Å². The molecule has 2 heteroatoms. The molecule has 0 spiro atoms. The van der Waals surface area contributed by atoms with E-state index in [1.54, 1.807) is 0 Å². The van der Waals surface area contributed by atoms with Crippen molar-refractivity contribution < 1.29 is 9.53 Å². The van der Waals surface area contributed by atoms with E-state index in [4.69, 9.17) is 4.74 Å². The third kappa shape index (κ3) is 3.09. The van der Waals surface area contributed by atoms with E-state index in [2.05, 4.69) is 0 Å². The van der Waals surface area contributed by atoms with Crippen LogP contribution >= 0.6 is 0 Å². The van der Waals surface area contributed by atoms with Gasteiger partial charge in [0.05, 0.1) is 6.61 Å². The van der Waals surface area contributed by atoms with Gasteiger partial charge in [0, 0.05) is 12.3 Å². The highest BCUT2D eigenvalue weighted by Gasteiger charge is 2.23. The standard InChI is InChI=1S/C14H18O2/c15-14-10-4-6-12(14)7-5-11-16-13-8-2-1-3-9-13/h1-3,8-9,12H,4-7,10-11H2. The summed E-state index contributed by atoms with van der Waals surface area (Å²) in [4.78, 5) is 11.4. The number of para-hydroxylation sites is 1. The van der Waals surface area contributed by atoms with E-state index in [1.165, 1.54) is 0 Å². The smallest absolute Gasteiger partial charge is 0.135 e. The lowest BCUT2D eigenvalue weighted by atomic mass is 10.0. The van der Waals surface area contributed by atoms with Crippen molar-refractivity contribution in [1.29, 1.82) is 0 Å². The highest BCUT2D eigenvalue weighted by atomic mass is 16.5. The zero-order valence-electron chi connectivity index (χ0n) is 9.52. The maximum Gasteiger partial charge on any atom is 0.135 e. The first-order valence-corrected chi connectivity index (χ1v) is 6.07. The summed E-state index contributed by atoms with van der Waals surface area (Å²) in [5, 5.41) is 0. The molecule has 0 aromatic heterocycles. The van der Waals surface area contributed by atoms with Gasteiger partial charge < -0.3 is 4.74 Å². The number of ketones is 1. The minimum absolute atomic E-state index is 0.319. The molecule has 1 aromatic carbocycles. The third-order valence-electron chi connectivity index (χ3n) is 3.14. The summed E-state index contributed by atoms with van der Waals surface area (Å²) in [7, 11) is 0. The number of carbonyl (C=O) groups excluding carboxylic acids is 1. The Kier molecular flexibility index (Phi) is 3.97. The maximum atomic E-state index is 11.4. The van der Waals surface area contributed by atoms with E-state index in [1.807, 2.05) is 30.3 Å². The number of Topliss-reactive ketones (excluding diaryl/α,β-unsaturated/α-hetero) is 1. The lowest BCUT2D eigenvalue weighted by Gasteiger charge is -2.08. The van der Waals surface area contributed by atoms with E-state index in [0.717, 1.165) is 37.9 Å². The Bertz CT molecular complexity index is 332. The van der Waals surface area contributed by atoms with E-state index in [0.29, 0.717) is 18.3 Å². The second-order valence-corrected chi connectivity index (χ2v) is 4.36. The summed E-state index contributed by atoms with van der Waals surface area (Å²) in [5.41, 5.74) is 0. The number of hydrogen-bond donors (Lipinski definition) is 0. The highest BCUT2D eigenvalue weighted by Crippen LogP contribution is 2.25. The fourth-order valence-corrected chi connectivity index (χ4v) is 2.23. The molecule has 2 nitrogen and oxygen atoms in total. The van der Waals surface area contributed by atoms with Gasteiger partial charge in [-0.1, -0.05) is 18.2 Å². The molecule has 0 saturated heterocycles. The zero-order valence-corrected chi connectivity index (χ0v) is 9.52. The molecule has 1 unspecified atom stereocenters. The quantitative estimate of drug-likeness (QED) is 0.709. The van der Waals surface area contributed by atoms with Crippen molar-refractivity contribution in [3.8, 4) is 5.75 Å². The first kappa shape index (κ1) is 11.2. The molecule has 0 N–H and O–H groups in total. The van der Waals surface area contributed by atoms with E-state index < -0.39 is 0 Å². The molecule has 0 amide bonds. The Morgan fingerprint density at radius 3 is 2.75 bits per heavy atom. The average molecular weight is 218 g/mol. The van der Waals surface area contributed by atoms with Crippen LogP contribution in [0.15, 0.2) is 30.3 Å². The van der Waals surface area contributed by atoms with Gasteiger partial charge in [-0.2, -0.15) is 0 Å². The summed E-state index contributed by atoms with van der Waals surface area (Å²) >= 11 is 0. The zero-order chi connectivity index (χ0) is 11.2. The summed E-state index contributed by atoms with van der Waals surface area (Å²) in [5.74, 6) is 1.69. The average Bonchev–Trinajstić information content (AvgIpc) is 2.72. The first-order chi connectivity index (χ1) is 7.86. The second-order valence-electron chi connectivity index (χ2n) is 4.36. The molecule has 1 aromatic rings. The van der Waals surface area contributed by atoms with Crippen molar-refractivity contribution in [2.24, 2.45) is 5.92 Å². The molecule has 1 saturated carbocycles. The lowest BCUT2D eigenvalue weighted by Crippen LogP contribution is -2.08. The summed E-state index contributed by atoms with van der Waals surface area (Å²) in [6.07, 6.45) is 4.94. The predicted molar refractivity (Wildman–Crippen MR) is 63.5 cm³/mol. The van der Waals surface area contributed by atoms with Gasteiger partial charge in [0.15, 0.2) is 0 Å². The monoisotopic (exact) mass is 218 g/mol. The van der Waals surface area contributed by atoms with Crippen LogP contribution in [0.1, 0.15) is 32.1 Å². The van der Waals surface area contributed by atoms with Crippen LogP contribution in [-0.4, -0.2) is 12.4 Å². The van der Waals surface area contributed by atoms with Crippen molar-refractivity contribution in [2.75, 3.05) is 6.61 Å². The van der Waals surface area contributed by atoms with Crippen molar-refractivity contribution in [1.82, 2.24) is 0 Å². The Morgan fingerprint density at radius 2 is 2.06 bits per heavy atom. The van der Waals surface area contributed by atoms with Crippen LogP contribution in [0.25, 0.3) is 0 Å². The topological polar surface area (TPSA) is 26.3 Å². The second kappa shape index (κ2) is 5.69. The normalized spacial score (nSPS) is 20.0. The van der Waals surface area contributed by atoms with Crippen LogP contribution in [0.2, 0.25) is 0 Å². The molecule has 16 heavy (non-hydrogen) atoms. The minimum atomic E-state index is 0.319. The molecule has 2 rings (SSSR count). The number of carbonyl (C=O) groups is 1. The Hall–Kier alpha value is -1.31. The number of ether oxygens (including phenoxy) is 1. The van der Waals surface area contributed by atoms with Crippen LogP contribution in [0.4, 0.5) is 0 Å². The fourth-order valence-electron chi connectivity index (χ4n) is 2.23. The predicted octanol–water partition coefficient (Wildman–Crippen LogP) is 3.21. The molecular weight excluding hydrogens is 200 g/mol. The molecule has 0 bridgehead atoms. The van der Waals surface area contributed by atoms with Gasteiger partial charge in [-0.3, -0.25) is 4.79 Å². The molecule has 0 aliphatic heterocycles. The molecule has 0 heterocycles. The maximum absolute atomic E-state index is 11.4. The molecular formula is C14H18O2. The van der Waals surface area contributed by atoms with Gasteiger partial charge in [-0.25, -0.2) is 0 Å². The SMILES string of the molecule is O=C1CCCC1CCCOc1ccccc1. The van der Waals surface area contributed by atoms with E-state index >= 15 is 0 Å². The van der Waals surface area contributed by atoms with Crippen LogP contribution in [0.5, 0.6) is 5.75 Å². The van der Waals surface area contributed by atoms with E-state index in [9.17, 15) is 4.79 Å². The van der Waals surface area contributed by atoms with Gasteiger partial charge in [-0.05, 0) is 37.8 Å². The lowest BCUT2D eigenvalue weighted by molar-refractivity contribution is -0.120. The van der Waals surface area contributed by atoms with Crippen molar-refractivity contribution in [2.45, 2.75) is 32.1 Å². The minimum Gasteiger partial charge on any atom is -0.494 e. The highest BCUT2D eigenvalue weighted by molar-refractivity contribution is 5.82. The fraction of sp³-hybridized carbons (Fsp3) is 0.500. The van der Waals surface area contributed by atoms with Crippen molar-refractivity contribution in [3.63, 3.8) is 0 Å². The Balaban J connectivity index is 1.64. The van der Waals surface area contributed by atoms with Gasteiger partial charge >= 0.3 is 0 Å². The molecule has 1 aliphatic carbocycles. The molecule has 0 radical (unpaired) electrons. The Morgan fingerprint density at radius 1 is 1.25 bits per heavy atom. The molecule has 1 atom stereocenters. The van der Waals surface area contributed by atoms with Crippen molar-refractivity contribution >= 4 is 5.78 Å². The molecule has 1 aliphatic rings. The molecule has 1 fully saturated rings. The van der Waals surface area contributed by atoms with Gasteiger partial charge in [0.1, 0.15) is 11.5 Å². The van der Waals surface area contributed by atoms with Gasteiger partial charge in [-0.15, -0.1) is 0 Å².